The van der Waals surface area contributed by atoms with Gasteiger partial charge in [0.15, 0.2) is 0 Å². The standard InChI is InChI=1S/C14H28N2O3/c1-4-11(13-6-5-9-19-13)16-14(18)15-8-7-12(17)10(2)3/h10-13,17H,4-9H2,1-3H3,(H2,15,16,18). The van der Waals surface area contributed by atoms with E-state index in [1.165, 1.54) is 0 Å². The molecule has 1 heterocycles. The lowest BCUT2D eigenvalue weighted by Crippen LogP contribution is -2.47. The molecule has 0 aromatic carbocycles. The van der Waals surface area contributed by atoms with Crippen molar-refractivity contribution in [1.82, 2.24) is 10.6 Å². The van der Waals surface area contributed by atoms with E-state index in [0.717, 1.165) is 25.9 Å². The second-order valence-corrected chi connectivity index (χ2v) is 5.57. The Bertz CT molecular complexity index is 265. The molecule has 3 unspecified atom stereocenters. The number of aliphatic hydroxyl groups is 1. The molecule has 1 rings (SSSR count). The minimum absolute atomic E-state index is 0.0810. The summed E-state index contributed by atoms with van der Waals surface area (Å²) in [6.07, 6.45) is 3.34. The molecule has 0 radical (unpaired) electrons. The number of rotatable bonds is 7. The van der Waals surface area contributed by atoms with E-state index in [4.69, 9.17) is 4.74 Å². The maximum absolute atomic E-state index is 11.8. The first kappa shape index (κ1) is 16.2. The zero-order valence-corrected chi connectivity index (χ0v) is 12.3. The molecule has 1 saturated heterocycles. The van der Waals surface area contributed by atoms with Crippen molar-refractivity contribution in [3.05, 3.63) is 0 Å². The van der Waals surface area contributed by atoms with Crippen LogP contribution < -0.4 is 10.6 Å². The first-order chi connectivity index (χ1) is 9.04. The van der Waals surface area contributed by atoms with Crippen LogP contribution in [0.4, 0.5) is 4.79 Å². The Balaban J connectivity index is 2.21. The Morgan fingerprint density at radius 2 is 2.21 bits per heavy atom. The first-order valence-corrected chi connectivity index (χ1v) is 7.38. The van der Waals surface area contributed by atoms with E-state index in [1.54, 1.807) is 0 Å². The van der Waals surface area contributed by atoms with Crippen LogP contribution in [0.3, 0.4) is 0 Å². The van der Waals surface area contributed by atoms with Gasteiger partial charge in [-0.1, -0.05) is 20.8 Å². The number of carbonyl (C=O) groups excluding carboxylic acids is 1. The summed E-state index contributed by atoms with van der Waals surface area (Å²) in [7, 11) is 0. The summed E-state index contributed by atoms with van der Waals surface area (Å²) < 4.78 is 5.60. The van der Waals surface area contributed by atoms with Crippen molar-refractivity contribution in [2.75, 3.05) is 13.2 Å². The van der Waals surface area contributed by atoms with Crippen LogP contribution >= 0.6 is 0 Å². The maximum Gasteiger partial charge on any atom is 0.315 e. The number of nitrogens with one attached hydrogen (secondary N) is 2. The van der Waals surface area contributed by atoms with Gasteiger partial charge in [0, 0.05) is 13.2 Å². The molecule has 3 N–H and O–H groups in total. The monoisotopic (exact) mass is 272 g/mol. The molecule has 1 fully saturated rings. The van der Waals surface area contributed by atoms with Gasteiger partial charge in [-0.3, -0.25) is 0 Å². The molecule has 0 spiro atoms. The zero-order chi connectivity index (χ0) is 14.3. The molecule has 0 bridgehead atoms. The van der Waals surface area contributed by atoms with Crippen molar-refractivity contribution in [1.29, 1.82) is 0 Å². The summed E-state index contributed by atoms with van der Waals surface area (Å²) in [5.74, 6) is 0.222. The molecule has 1 aliphatic heterocycles. The number of carbonyl (C=O) groups is 1. The lowest BCUT2D eigenvalue weighted by Gasteiger charge is -2.23. The number of urea groups is 1. The average Bonchev–Trinajstić information content (AvgIpc) is 2.89. The minimum atomic E-state index is -0.361. The predicted molar refractivity (Wildman–Crippen MR) is 75.0 cm³/mol. The normalized spacial score (nSPS) is 22.3. The smallest absolute Gasteiger partial charge is 0.315 e. The van der Waals surface area contributed by atoms with Gasteiger partial charge in [-0.25, -0.2) is 4.79 Å². The molecule has 19 heavy (non-hydrogen) atoms. The van der Waals surface area contributed by atoms with Crippen molar-refractivity contribution < 1.29 is 14.6 Å². The molecule has 3 atom stereocenters. The van der Waals surface area contributed by atoms with Crippen LogP contribution in [0.15, 0.2) is 0 Å². The van der Waals surface area contributed by atoms with E-state index in [2.05, 4.69) is 17.6 Å². The Hall–Kier alpha value is -0.810. The van der Waals surface area contributed by atoms with Crippen molar-refractivity contribution >= 4 is 6.03 Å². The van der Waals surface area contributed by atoms with Gasteiger partial charge >= 0.3 is 6.03 Å². The van der Waals surface area contributed by atoms with E-state index in [0.29, 0.717) is 13.0 Å². The van der Waals surface area contributed by atoms with E-state index in [9.17, 15) is 9.90 Å². The van der Waals surface area contributed by atoms with E-state index in [-0.39, 0.29) is 30.2 Å². The summed E-state index contributed by atoms with van der Waals surface area (Å²) in [5, 5.41) is 15.4. The van der Waals surface area contributed by atoms with Gasteiger partial charge < -0.3 is 20.5 Å². The van der Waals surface area contributed by atoms with Crippen molar-refractivity contribution in [2.45, 2.75) is 64.7 Å². The van der Waals surface area contributed by atoms with Crippen LogP contribution in [0.2, 0.25) is 0 Å². The number of aliphatic hydroxyl groups excluding tert-OH is 1. The summed E-state index contributed by atoms with van der Waals surface area (Å²) >= 11 is 0. The fraction of sp³-hybridized carbons (Fsp3) is 0.929. The highest BCUT2D eigenvalue weighted by molar-refractivity contribution is 5.74. The average molecular weight is 272 g/mol. The van der Waals surface area contributed by atoms with Gasteiger partial charge in [0.05, 0.1) is 18.2 Å². The number of amides is 2. The molecule has 112 valence electrons. The zero-order valence-electron chi connectivity index (χ0n) is 12.3. The van der Waals surface area contributed by atoms with Gasteiger partial charge in [-0.2, -0.15) is 0 Å². The van der Waals surface area contributed by atoms with Crippen molar-refractivity contribution in [3.8, 4) is 0 Å². The molecule has 0 aliphatic carbocycles. The molecular formula is C14H28N2O3. The third-order valence-corrected chi connectivity index (χ3v) is 3.67. The summed E-state index contributed by atoms with van der Waals surface area (Å²) in [6.45, 7) is 7.28. The first-order valence-electron chi connectivity index (χ1n) is 7.38. The summed E-state index contributed by atoms with van der Waals surface area (Å²) in [6, 6.07) is -0.0872. The summed E-state index contributed by atoms with van der Waals surface area (Å²) in [4.78, 5) is 11.8. The van der Waals surface area contributed by atoms with Crippen LogP contribution in [-0.2, 0) is 4.74 Å². The van der Waals surface area contributed by atoms with Gasteiger partial charge in [-0.15, -0.1) is 0 Å². The molecule has 0 aromatic rings. The minimum Gasteiger partial charge on any atom is -0.393 e. The third-order valence-electron chi connectivity index (χ3n) is 3.67. The highest BCUT2D eigenvalue weighted by Crippen LogP contribution is 2.17. The molecule has 0 saturated carbocycles. The second-order valence-electron chi connectivity index (χ2n) is 5.57. The largest absolute Gasteiger partial charge is 0.393 e. The maximum atomic E-state index is 11.8. The van der Waals surface area contributed by atoms with E-state index < -0.39 is 0 Å². The molecule has 5 heteroatoms. The van der Waals surface area contributed by atoms with Gasteiger partial charge in [0.2, 0.25) is 0 Å². The predicted octanol–water partition coefficient (Wildman–Crippen LogP) is 1.65. The number of hydrogen-bond acceptors (Lipinski definition) is 3. The Morgan fingerprint density at radius 1 is 1.47 bits per heavy atom. The number of hydrogen-bond donors (Lipinski definition) is 3. The fourth-order valence-electron chi connectivity index (χ4n) is 2.26. The van der Waals surface area contributed by atoms with Crippen LogP contribution in [0, 0.1) is 5.92 Å². The number of ether oxygens (including phenoxy) is 1. The highest BCUT2D eigenvalue weighted by Gasteiger charge is 2.25. The Morgan fingerprint density at radius 3 is 2.74 bits per heavy atom. The van der Waals surface area contributed by atoms with Crippen LogP contribution in [0.1, 0.15) is 46.5 Å². The van der Waals surface area contributed by atoms with Crippen LogP contribution in [0.5, 0.6) is 0 Å². The highest BCUT2D eigenvalue weighted by atomic mass is 16.5. The second kappa shape index (κ2) is 8.38. The quantitative estimate of drug-likeness (QED) is 0.660. The topological polar surface area (TPSA) is 70.6 Å². The molecular weight excluding hydrogens is 244 g/mol. The van der Waals surface area contributed by atoms with Gasteiger partial charge in [-0.05, 0) is 31.6 Å². The van der Waals surface area contributed by atoms with Crippen molar-refractivity contribution in [2.24, 2.45) is 5.92 Å². The molecule has 2 amide bonds. The lowest BCUT2D eigenvalue weighted by molar-refractivity contribution is 0.0794. The van der Waals surface area contributed by atoms with E-state index in [1.807, 2.05) is 13.8 Å². The van der Waals surface area contributed by atoms with Crippen LogP contribution in [0.25, 0.3) is 0 Å². The molecule has 0 aromatic heterocycles. The van der Waals surface area contributed by atoms with Gasteiger partial charge in [0.25, 0.3) is 0 Å². The summed E-state index contributed by atoms with van der Waals surface area (Å²) in [5.41, 5.74) is 0. The van der Waals surface area contributed by atoms with Crippen molar-refractivity contribution in [3.63, 3.8) is 0 Å². The van der Waals surface area contributed by atoms with Gasteiger partial charge in [0.1, 0.15) is 0 Å². The Kier molecular flexibility index (Phi) is 7.16. The van der Waals surface area contributed by atoms with E-state index >= 15 is 0 Å². The Labute approximate surface area is 116 Å². The lowest BCUT2D eigenvalue weighted by atomic mass is 10.0. The van der Waals surface area contributed by atoms with Crippen LogP contribution in [-0.4, -0.2) is 42.5 Å². The fourth-order valence-corrected chi connectivity index (χ4v) is 2.26. The third kappa shape index (κ3) is 5.78. The molecule has 1 aliphatic rings. The SMILES string of the molecule is CCC(NC(=O)NCCC(O)C(C)C)C1CCCO1. The molecule has 5 nitrogen and oxygen atoms in total.